The van der Waals surface area contributed by atoms with Crippen molar-refractivity contribution >= 4 is 18.9 Å². The van der Waals surface area contributed by atoms with Gasteiger partial charge in [0.25, 0.3) is 0 Å². The summed E-state index contributed by atoms with van der Waals surface area (Å²) in [6.45, 7) is 7.64. The molecule has 0 aromatic heterocycles. The molecule has 21 heavy (non-hydrogen) atoms. The first kappa shape index (κ1) is 15.6. The monoisotopic (exact) mass is 287 g/mol. The molecule has 0 amide bonds. The maximum Gasteiger partial charge on any atom is 0.499 e. The molecular weight excluding hydrogens is 269 g/mol. The number of ether oxygens (including phenoxy) is 1. The lowest BCUT2D eigenvalue weighted by Crippen LogP contribution is -2.41. The highest BCUT2D eigenvalue weighted by Gasteiger charge is 2.53. The Morgan fingerprint density at radius 1 is 1.29 bits per heavy atom. The van der Waals surface area contributed by atoms with Crippen LogP contribution < -0.4 is 10.2 Å². The molecule has 0 spiro atoms. The van der Waals surface area contributed by atoms with E-state index in [1.165, 1.54) is 0 Å². The van der Waals surface area contributed by atoms with Gasteiger partial charge < -0.3 is 14.0 Å². The first-order valence-electron chi connectivity index (χ1n) is 6.76. The zero-order chi connectivity index (χ0) is 15.7. The van der Waals surface area contributed by atoms with Crippen LogP contribution in [0.15, 0.2) is 18.2 Å². The van der Waals surface area contributed by atoms with Crippen molar-refractivity contribution in [3.63, 3.8) is 0 Å². The fraction of sp³-hybridized carbons (Fsp3) is 0.467. The summed E-state index contributed by atoms with van der Waals surface area (Å²) in [4.78, 5) is 11.3. The molecule has 0 atom stereocenters. The van der Waals surface area contributed by atoms with Gasteiger partial charge in [0.2, 0.25) is 0 Å². The highest BCUT2D eigenvalue weighted by molar-refractivity contribution is 6.64. The Bertz CT molecular complexity index is 576. The minimum absolute atomic E-state index is 0.102. The average molecular weight is 287 g/mol. The van der Waals surface area contributed by atoms with Crippen LogP contribution in [-0.4, -0.2) is 31.2 Å². The van der Waals surface area contributed by atoms with Crippen molar-refractivity contribution in [3.05, 3.63) is 23.8 Å². The lowest BCUT2D eigenvalue weighted by Gasteiger charge is -2.32. The second-order valence-corrected chi connectivity index (χ2v) is 5.91. The lowest BCUT2D eigenvalue weighted by molar-refractivity contribution is 0.00578. The van der Waals surface area contributed by atoms with E-state index in [1.807, 2.05) is 33.8 Å². The van der Waals surface area contributed by atoms with Crippen molar-refractivity contribution in [2.45, 2.75) is 38.9 Å². The van der Waals surface area contributed by atoms with Gasteiger partial charge in [-0.05, 0) is 33.8 Å². The molecule has 0 N–H and O–H groups in total. The summed E-state index contributed by atoms with van der Waals surface area (Å²) in [5.74, 6) is 0.430. The van der Waals surface area contributed by atoms with Crippen LogP contribution in [0, 0.1) is 11.3 Å². The minimum Gasteiger partial charge on any atom is -0.479 e. The highest BCUT2D eigenvalue weighted by atomic mass is 16.7. The molecule has 0 aliphatic carbocycles. The van der Waals surface area contributed by atoms with E-state index in [2.05, 4.69) is 0 Å². The van der Waals surface area contributed by atoms with Gasteiger partial charge >= 0.3 is 7.12 Å². The summed E-state index contributed by atoms with van der Waals surface area (Å²) >= 11 is 0. The molecule has 2 rings (SSSR count). The lowest BCUT2D eigenvalue weighted by atomic mass is 9.75. The van der Waals surface area contributed by atoms with Crippen LogP contribution in [0.5, 0.6) is 5.75 Å². The fourth-order valence-corrected chi connectivity index (χ4v) is 2.11. The molecule has 1 aromatic rings. The number of hydrogen-bond acceptors (Lipinski definition) is 5. The zero-order valence-corrected chi connectivity index (χ0v) is 12.7. The van der Waals surface area contributed by atoms with Crippen molar-refractivity contribution in [3.8, 4) is 11.8 Å². The van der Waals surface area contributed by atoms with Crippen molar-refractivity contribution in [2.24, 2.45) is 0 Å². The average Bonchev–Trinajstić information content (AvgIpc) is 2.64. The van der Waals surface area contributed by atoms with E-state index >= 15 is 0 Å². The van der Waals surface area contributed by atoms with Gasteiger partial charge in [0.15, 0.2) is 6.61 Å². The molecule has 6 heteroatoms. The van der Waals surface area contributed by atoms with Crippen molar-refractivity contribution in [1.29, 1.82) is 5.26 Å². The first-order valence-corrected chi connectivity index (χ1v) is 6.76. The summed E-state index contributed by atoms with van der Waals surface area (Å²) in [5, 5.41) is 8.67. The molecule has 0 saturated carbocycles. The van der Waals surface area contributed by atoms with Crippen LogP contribution in [0.1, 0.15) is 38.1 Å². The van der Waals surface area contributed by atoms with Gasteiger partial charge in [0, 0.05) is 11.0 Å². The Labute approximate surface area is 124 Å². The molecule has 110 valence electrons. The number of aldehydes is 1. The van der Waals surface area contributed by atoms with E-state index in [1.54, 1.807) is 18.2 Å². The number of rotatable bonds is 4. The van der Waals surface area contributed by atoms with Gasteiger partial charge in [0.1, 0.15) is 18.1 Å². The Kier molecular flexibility index (Phi) is 4.08. The largest absolute Gasteiger partial charge is 0.499 e. The molecule has 1 aromatic carbocycles. The predicted molar refractivity (Wildman–Crippen MR) is 78.7 cm³/mol. The Morgan fingerprint density at radius 3 is 2.43 bits per heavy atom. The van der Waals surface area contributed by atoms with Gasteiger partial charge in [-0.15, -0.1) is 0 Å². The molecule has 0 bridgehead atoms. The van der Waals surface area contributed by atoms with Crippen LogP contribution in [0.3, 0.4) is 0 Å². The summed E-state index contributed by atoms with van der Waals surface area (Å²) in [6.07, 6.45) is 0.736. The minimum atomic E-state index is -0.704. The van der Waals surface area contributed by atoms with E-state index in [0.29, 0.717) is 16.8 Å². The Hall–Kier alpha value is -1.84. The van der Waals surface area contributed by atoms with Gasteiger partial charge in [-0.25, -0.2) is 0 Å². The number of nitrogens with zero attached hydrogens (tertiary/aromatic N) is 1. The Morgan fingerprint density at radius 2 is 1.90 bits per heavy atom. The Balaban J connectivity index is 2.44. The number of carbonyl (C=O) groups is 1. The van der Waals surface area contributed by atoms with Crippen LogP contribution in [-0.2, 0) is 9.31 Å². The van der Waals surface area contributed by atoms with Gasteiger partial charge in [-0.2, -0.15) is 5.26 Å². The van der Waals surface area contributed by atoms with Crippen molar-refractivity contribution in [1.82, 2.24) is 0 Å². The summed E-state index contributed by atoms with van der Waals surface area (Å²) in [6, 6.07) is 6.98. The summed E-state index contributed by atoms with van der Waals surface area (Å²) < 4.78 is 17.3. The molecule has 1 heterocycles. The van der Waals surface area contributed by atoms with Crippen LogP contribution in [0.2, 0.25) is 0 Å². The number of hydrogen-bond donors (Lipinski definition) is 0. The molecule has 0 radical (unpaired) electrons. The molecule has 1 fully saturated rings. The van der Waals surface area contributed by atoms with Crippen molar-refractivity contribution < 1.29 is 18.8 Å². The molecule has 0 unspecified atom stereocenters. The van der Waals surface area contributed by atoms with Crippen LogP contribution in [0.4, 0.5) is 0 Å². The fourth-order valence-electron chi connectivity index (χ4n) is 2.11. The third kappa shape index (κ3) is 2.80. The molecular formula is C15H18BNO4. The van der Waals surface area contributed by atoms with E-state index in [4.69, 9.17) is 19.3 Å². The molecule has 1 saturated heterocycles. The number of nitriles is 1. The van der Waals surface area contributed by atoms with Crippen LogP contribution in [0.25, 0.3) is 0 Å². The summed E-state index contributed by atoms with van der Waals surface area (Å²) in [7, 11) is -0.704. The van der Waals surface area contributed by atoms with E-state index < -0.39 is 18.3 Å². The SMILES string of the molecule is CC1(C)OB(c2c(C=O)cccc2OCC#N)OC1(C)C. The summed E-state index contributed by atoms with van der Waals surface area (Å²) in [5.41, 5.74) is -0.0642. The molecule has 5 nitrogen and oxygen atoms in total. The van der Waals surface area contributed by atoms with E-state index in [0.717, 1.165) is 6.29 Å². The number of carbonyl (C=O) groups excluding carboxylic acids is 1. The second-order valence-electron chi connectivity index (χ2n) is 5.91. The van der Waals surface area contributed by atoms with Gasteiger partial charge in [-0.3, -0.25) is 4.79 Å². The zero-order valence-electron chi connectivity index (χ0n) is 12.7. The third-order valence-electron chi connectivity index (χ3n) is 4.01. The number of benzene rings is 1. The van der Waals surface area contributed by atoms with Crippen molar-refractivity contribution in [2.75, 3.05) is 6.61 Å². The van der Waals surface area contributed by atoms with Gasteiger partial charge in [0.05, 0.1) is 11.2 Å². The smallest absolute Gasteiger partial charge is 0.479 e. The molecule has 1 aliphatic rings. The quantitative estimate of drug-likeness (QED) is 0.622. The third-order valence-corrected chi connectivity index (χ3v) is 4.01. The van der Waals surface area contributed by atoms with E-state index in [-0.39, 0.29) is 6.61 Å². The topological polar surface area (TPSA) is 68.5 Å². The molecule has 1 aliphatic heterocycles. The maximum atomic E-state index is 11.3. The maximum absolute atomic E-state index is 11.3. The van der Waals surface area contributed by atoms with E-state index in [9.17, 15) is 4.79 Å². The van der Waals surface area contributed by atoms with Crippen LogP contribution >= 0.6 is 0 Å². The normalized spacial score (nSPS) is 19.1. The second kappa shape index (κ2) is 5.51. The standard InChI is InChI=1S/C15H18BNO4/c1-14(2)15(3,4)21-16(20-14)13-11(10-18)6-5-7-12(13)19-9-8-17/h5-7,10H,9H2,1-4H3. The predicted octanol–water partition coefficient (Wildman–Crippen LogP) is 1.70. The first-order chi connectivity index (χ1) is 9.82. The van der Waals surface area contributed by atoms with Gasteiger partial charge in [-0.1, -0.05) is 12.1 Å². The highest BCUT2D eigenvalue weighted by Crippen LogP contribution is 2.37.